The average Bonchev–Trinajstić information content (AvgIpc) is 2.39. The molecule has 0 saturated heterocycles. The number of H-pyrrole nitrogens is 1. The third-order valence-corrected chi connectivity index (χ3v) is 1.62. The molecule has 1 aromatic heterocycles. The predicted octanol–water partition coefficient (Wildman–Crippen LogP) is 0.772. The van der Waals surface area contributed by atoms with Crippen molar-refractivity contribution in [1.29, 1.82) is 0 Å². The summed E-state index contributed by atoms with van der Waals surface area (Å²) in [5.74, 6) is 0. The molecule has 11 heavy (non-hydrogen) atoms. The lowest BCUT2D eigenvalue weighted by Crippen LogP contribution is -2.25. The van der Waals surface area contributed by atoms with Gasteiger partial charge in [-0.25, -0.2) is 0 Å². The van der Waals surface area contributed by atoms with Crippen molar-refractivity contribution in [1.82, 2.24) is 15.4 Å². The molecule has 0 atom stereocenters. The van der Waals surface area contributed by atoms with Crippen LogP contribution in [0.1, 0.15) is 19.5 Å². The highest BCUT2D eigenvalue weighted by Crippen LogP contribution is 2.12. The van der Waals surface area contributed by atoms with Gasteiger partial charge in [-0.1, -0.05) is 0 Å². The third kappa shape index (κ3) is 2.31. The van der Waals surface area contributed by atoms with Crippen molar-refractivity contribution in [2.45, 2.75) is 25.9 Å². The molecule has 0 radical (unpaired) electrons. The molecular formula is C7H13N3O. The zero-order valence-corrected chi connectivity index (χ0v) is 7.09. The maximum Gasteiger partial charge on any atom is 0.0853 e. The maximum atomic E-state index is 5.23. The fourth-order valence-electron chi connectivity index (χ4n) is 0.819. The van der Waals surface area contributed by atoms with E-state index in [1.54, 1.807) is 13.3 Å². The number of ether oxygens (including phenoxy) is 1. The molecular weight excluding hydrogens is 142 g/mol. The van der Waals surface area contributed by atoms with E-state index in [1.165, 1.54) is 0 Å². The summed E-state index contributed by atoms with van der Waals surface area (Å²) in [6.45, 7) is 4.03. The number of nitrogens with one attached hydrogen (secondary N) is 1. The lowest BCUT2D eigenvalue weighted by atomic mass is 10.0. The smallest absolute Gasteiger partial charge is 0.0853 e. The van der Waals surface area contributed by atoms with Gasteiger partial charge in [-0.2, -0.15) is 15.4 Å². The first-order valence-corrected chi connectivity index (χ1v) is 3.54. The molecule has 4 heteroatoms. The van der Waals surface area contributed by atoms with Crippen molar-refractivity contribution in [2.24, 2.45) is 0 Å². The van der Waals surface area contributed by atoms with Crippen LogP contribution in [0.4, 0.5) is 0 Å². The minimum Gasteiger partial charge on any atom is -0.378 e. The second-order valence-electron chi connectivity index (χ2n) is 3.10. The average molecular weight is 155 g/mol. The van der Waals surface area contributed by atoms with Crippen molar-refractivity contribution in [3.8, 4) is 0 Å². The molecule has 0 amide bonds. The Hall–Kier alpha value is -0.900. The summed E-state index contributed by atoms with van der Waals surface area (Å²) in [6.07, 6.45) is 2.49. The summed E-state index contributed by atoms with van der Waals surface area (Å²) in [5, 5.41) is 10.2. The van der Waals surface area contributed by atoms with Gasteiger partial charge in [-0.05, 0) is 13.8 Å². The van der Waals surface area contributed by atoms with Gasteiger partial charge in [0.05, 0.1) is 17.5 Å². The molecule has 1 heterocycles. The van der Waals surface area contributed by atoms with Crippen LogP contribution in [0.2, 0.25) is 0 Å². The second-order valence-corrected chi connectivity index (χ2v) is 3.10. The predicted molar refractivity (Wildman–Crippen MR) is 41.2 cm³/mol. The molecule has 0 fully saturated rings. The Balaban J connectivity index is 2.56. The molecule has 62 valence electrons. The van der Waals surface area contributed by atoms with Gasteiger partial charge < -0.3 is 4.74 Å². The molecule has 1 aromatic rings. The van der Waals surface area contributed by atoms with E-state index >= 15 is 0 Å². The summed E-state index contributed by atoms with van der Waals surface area (Å²) in [4.78, 5) is 0. The lowest BCUT2D eigenvalue weighted by Gasteiger charge is -2.20. The van der Waals surface area contributed by atoms with Crippen LogP contribution < -0.4 is 0 Å². The van der Waals surface area contributed by atoms with Gasteiger partial charge in [0.15, 0.2) is 0 Å². The van der Waals surface area contributed by atoms with E-state index in [-0.39, 0.29) is 5.60 Å². The van der Waals surface area contributed by atoms with E-state index in [2.05, 4.69) is 15.4 Å². The zero-order valence-electron chi connectivity index (χ0n) is 7.09. The first-order valence-electron chi connectivity index (χ1n) is 3.54. The number of nitrogens with zero attached hydrogens (tertiary/aromatic N) is 2. The van der Waals surface area contributed by atoms with Crippen LogP contribution in [0.3, 0.4) is 0 Å². The topological polar surface area (TPSA) is 50.8 Å². The second kappa shape index (κ2) is 3.00. The van der Waals surface area contributed by atoms with Crippen molar-refractivity contribution in [3.05, 3.63) is 11.9 Å². The number of hydrogen-bond acceptors (Lipinski definition) is 3. The summed E-state index contributed by atoms with van der Waals surface area (Å²) in [7, 11) is 1.69. The Labute approximate surface area is 66.0 Å². The van der Waals surface area contributed by atoms with Crippen molar-refractivity contribution in [3.63, 3.8) is 0 Å². The minimum absolute atomic E-state index is 0.156. The summed E-state index contributed by atoms with van der Waals surface area (Å²) >= 11 is 0. The Morgan fingerprint density at radius 3 is 2.82 bits per heavy atom. The highest BCUT2D eigenvalue weighted by Gasteiger charge is 2.18. The number of aromatic nitrogens is 3. The van der Waals surface area contributed by atoms with Crippen molar-refractivity contribution in [2.75, 3.05) is 7.11 Å². The fraction of sp³-hybridized carbons (Fsp3) is 0.714. The summed E-state index contributed by atoms with van der Waals surface area (Å²) in [5.41, 5.74) is 0.772. The van der Waals surface area contributed by atoms with Crippen LogP contribution in [-0.2, 0) is 11.2 Å². The Kier molecular flexibility index (Phi) is 2.24. The quantitative estimate of drug-likeness (QED) is 0.701. The normalized spacial score (nSPS) is 11.9. The van der Waals surface area contributed by atoms with Crippen LogP contribution in [-0.4, -0.2) is 28.1 Å². The van der Waals surface area contributed by atoms with Crippen LogP contribution in [0, 0.1) is 0 Å². The molecule has 0 aliphatic carbocycles. The van der Waals surface area contributed by atoms with Crippen LogP contribution in [0.5, 0.6) is 0 Å². The molecule has 4 nitrogen and oxygen atoms in total. The lowest BCUT2D eigenvalue weighted by molar-refractivity contribution is 0.0224. The van der Waals surface area contributed by atoms with Crippen LogP contribution >= 0.6 is 0 Å². The van der Waals surface area contributed by atoms with Gasteiger partial charge >= 0.3 is 0 Å². The van der Waals surface area contributed by atoms with Gasteiger partial charge in [0.2, 0.25) is 0 Å². The van der Waals surface area contributed by atoms with E-state index in [4.69, 9.17) is 4.74 Å². The highest BCUT2D eigenvalue weighted by molar-refractivity contribution is 4.96. The minimum atomic E-state index is -0.156. The molecule has 1 rings (SSSR count). The highest BCUT2D eigenvalue weighted by atomic mass is 16.5. The van der Waals surface area contributed by atoms with Crippen LogP contribution in [0.15, 0.2) is 6.20 Å². The summed E-state index contributed by atoms with van der Waals surface area (Å²) < 4.78 is 5.23. The number of aromatic amines is 1. The molecule has 0 aliphatic rings. The summed E-state index contributed by atoms with van der Waals surface area (Å²) in [6, 6.07) is 0. The van der Waals surface area contributed by atoms with E-state index < -0.39 is 0 Å². The van der Waals surface area contributed by atoms with E-state index in [1.807, 2.05) is 13.8 Å². The van der Waals surface area contributed by atoms with Crippen molar-refractivity contribution >= 4 is 0 Å². The molecule has 0 saturated carbocycles. The Morgan fingerprint density at radius 1 is 1.64 bits per heavy atom. The number of rotatable bonds is 3. The standard InChI is InChI=1S/C7H13N3O/c1-7(2,11-3)4-6-5-8-10-9-6/h5H,4H2,1-3H3,(H,8,9,10). The first kappa shape index (κ1) is 8.20. The van der Waals surface area contributed by atoms with Gasteiger partial charge in [0.25, 0.3) is 0 Å². The fourth-order valence-corrected chi connectivity index (χ4v) is 0.819. The third-order valence-electron chi connectivity index (χ3n) is 1.62. The van der Waals surface area contributed by atoms with Gasteiger partial charge in [0, 0.05) is 13.5 Å². The SMILES string of the molecule is COC(C)(C)Cc1cn[nH]n1. The Morgan fingerprint density at radius 2 is 2.36 bits per heavy atom. The van der Waals surface area contributed by atoms with E-state index in [0.717, 1.165) is 12.1 Å². The van der Waals surface area contributed by atoms with Crippen molar-refractivity contribution < 1.29 is 4.74 Å². The van der Waals surface area contributed by atoms with Gasteiger partial charge in [-0.3, -0.25) is 0 Å². The first-order chi connectivity index (χ1) is 5.14. The van der Waals surface area contributed by atoms with E-state index in [0.29, 0.717) is 0 Å². The van der Waals surface area contributed by atoms with Gasteiger partial charge in [0.1, 0.15) is 0 Å². The molecule has 0 spiro atoms. The molecule has 0 unspecified atom stereocenters. The zero-order chi connectivity index (χ0) is 8.32. The maximum absolute atomic E-state index is 5.23. The number of hydrogen-bond donors (Lipinski definition) is 1. The monoisotopic (exact) mass is 155 g/mol. The molecule has 0 aromatic carbocycles. The van der Waals surface area contributed by atoms with E-state index in [9.17, 15) is 0 Å². The molecule has 1 N–H and O–H groups in total. The van der Waals surface area contributed by atoms with Crippen LogP contribution in [0.25, 0.3) is 0 Å². The van der Waals surface area contributed by atoms with Gasteiger partial charge in [-0.15, -0.1) is 0 Å². The largest absolute Gasteiger partial charge is 0.378 e. The molecule has 0 bridgehead atoms. The molecule has 0 aliphatic heterocycles. The number of methoxy groups -OCH3 is 1. The Bertz CT molecular complexity index is 205.